The van der Waals surface area contributed by atoms with Crippen LogP contribution in [0.2, 0.25) is 0 Å². The summed E-state index contributed by atoms with van der Waals surface area (Å²) in [6, 6.07) is 20.2. The second-order valence-electron chi connectivity index (χ2n) is 4.13. The van der Waals surface area contributed by atoms with Gasteiger partial charge >= 0.3 is 0 Å². The molecule has 0 radical (unpaired) electrons. The third-order valence-corrected chi connectivity index (χ3v) is 2.81. The maximum absolute atomic E-state index is 4.18. The first-order chi connectivity index (χ1) is 8.92. The molecule has 0 atom stereocenters. The van der Waals surface area contributed by atoms with Crippen molar-refractivity contribution in [3.05, 3.63) is 66.2 Å². The van der Waals surface area contributed by atoms with Gasteiger partial charge in [0, 0.05) is 11.9 Å². The first-order valence-corrected chi connectivity index (χ1v) is 5.92. The molecule has 0 aliphatic heterocycles. The van der Waals surface area contributed by atoms with Crippen LogP contribution in [0.1, 0.15) is 5.56 Å². The molecule has 3 rings (SSSR count). The SMILES string of the molecule is c1ccc(CNc2cc3ccccc3nn2)cc1. The second kappa shape index (κ2) is 4.84. The van der Waals surface area contributed by atoms with Crippen LogP contribution in [0.5, 0.6) is 0 Å². The maximum atomic E-state index is 4.18. The van der Waals surface area contributed by atoms with Gasteiger partial charge < -0.3 is 5.32 Å². The van der Waals surface area contributed by atoms with Crippen molar-refractivity contribution in [1.82, 2.24) is 10.2 Å². The summed E-state index contributed by atoms with van der Waals surface area (Å²) in [5, 5.41) is 12.7. The minimum atomic E-state index is 0.758. The van der Waals surface area contributed by atoms with Gasteiger partial charge in [-0.2, -0.15) is 0 Å². The van der Waals surface area contributed by atoms with E-state index in [4.69, 9.17) is 0 Å². The highest BCUT2D eigenvalue weighted by atomic mass is 15.2. The van der Waals surface area contributed by atoms with Crippen molar-refractivity contribution in [2.75, 3.05) is 5.32 Å². The van der Waals surface area contributed by atoms with Gasteiger partial charge in [-0.05, 0) is 17.7 Å². The molecule has 1 aromatic heterocycles. The van der Waals surface area contributed by atoms with E-state index in [-0.39, 0.29) is 0 Å². The first kappa shape index (κ1) is 10.7. The lowest BCUT2D eigenvalue weighted by Gasteiger charge is -2.05. The first-order valence-electron chi connectivity index (χ1n) is 5.92. The molecule has 1 N–H and O–H groups in total. The van der Waals surface area contributed by atoms with Crippen LogP contribution in [0.15, 0.2) is 60.7 Å². The van der Waals surface area contributed by atoms with Gasteiger partial charge in [0.1, 0.15) is 5.82 Å². The largest absolute Gasteiger partial charge is 0.364 e. The molecule has 1 heterocycles. The smallest absolute Gasteiger partial charge is 0.149 e. The number of anilines is 1. The molecule has 0 aliphatic rings. The van der Waals surface area contributed by atoms with Crippen LogP contribution in [0.3, 0.4) is 0 Å². The summed E-state index contributed by atoms with van der Waals surface area (Å²) in [6.07, 6.45) is 0. The van der Waals surface area contributed by atoms with E-state index in [0.29, 0.717) is 0 Å². The quantitative estimate of drug-likeness (QED) is 0.757. The van der Waals surface area contributed by atoms with E-state index >= 15 is 0 Å². The Kier molecular flexibility index (Phi) is 2.88. The van der Waals surface area contributed by atoms with Gasteiger partial charge in [-0.25, -0.2) is 0 Å². The van der Waals surface area contributed by atoms with Crippen LogP contribution >= 0.6 is 0 Å². The van der Waals surface area contributed by atoms with Crippen molar-refractivity contribution in [1.29, 1.82) is 0 Å². The Morgan fingerprint density at radius 2 is 1.61 bits per heavy atom. The average molecular weight is 235 g/mol. The van der Waals surface area contributed by atoms with Crippen LogP contribution in [0, 0.1) is 0 Å². The Morgan fingerprint density at radius 1 is 0.833 bits per heavy atom. The number of nitrogens with one attached hydrogen (secondary N) is 1. The van der Waals surface area contributed by atoms with E-state index in [1.807, 2.05) is 48.5 Å². The highest BCUT2D eigenvalue weighted by Crippen LogP contribution is 2.14. The Hall–Kier alpha value is -2.42. The maximum Gasteiger partial charge on any atom is 0.149 e. The fourth-order valence-electron chi connectivity index (χ4n) is 1.86. The molecule has 3 heteroatoms. The van der Waals surface area contributed by atoms with Gasteiger partial charge in [0.05, 0.1) is 5.52 Å². The van der Waals surface area contributed by atoms with Crippen molar-refractivity contribution in [2.24, 2.45) is 0 Å². The molecule has 3 nitrogen and oxygen atoms in total. The van der Waals surface area contributed by atoms with Crippen molar-refractivity contribution in [3.8, 4) is 0 Å². The van der Waals surface area contributed by atoms with E-state index in [1.54, 1.807) is 0 Å². The van der Waals surface area contributed by atoms with Crippen LogP contribution in [-0.2, 0) is 6.54 Å². The summed E-state index contributed by atoms with van der Waals surface area (Å²) in [5.41, 5.74) is 2.15. The summed E-state index contributed by atoms with van der Waals surface area (Å²) in [6.45, 7) is 0.758. The molecular weight excluding hydrogens is 222 g/mol. The van der Waals surface area contributed by atoms with Gasteiger partial charge in [-0.15, -0.1) is 10.2 Å². The van der Waals surface area contributed by atoms with E-state index in [2.05, 4.69) is 27.6 Å². The van der Waals surface area contributed by atoms with Crippen LogP contribution < -0.4 is 5.32 Å². The van der Waals surface area contributed by atoms with Gasteiger partial charge in [-0.1, -0.05) is 48.5 Å². The van der Waals surface area contributed by atoms with E-state index in [1.165, 1.54) is 5.56 Å². The number of nitrogens with zero attached hydrogens (tertiary/aromatic N) is 2. The summed E-state index contributed by atoms with van der Waals surface area (Å²) in [7, 11) is 0. The number of hydrogen-bond donors (Lipinski definition) is 1. The molecular formula is C15H13N3. The number of hydrogen-bond acceptors (Lipinski definition) is 3. The van der Waals surface area contributed by atoms with Crippen molar-refractivity contribution < 1.29 is 0 Å². The van der Waals surface area contributed by atoms with E-state index < -0.39 is 0 Å². The third-order valence-electron chi connectivity index (χ3n) is 2.81. The zero-order valence-electron chi connectivity index (χ0n) is 9.88. The molecule has 0 amide bonds. The summed E-state index contributed by atoms with van der Waals surface area (Å²) >= 11 is 0. The lowest BCUT2D eigenvalue weighted by molar-refractivity contribution is 1.03. The van der Waals surface area contributed by atoms with Crippen LogP contribution in [0.4, 0.5) is 5.82 Å². The van der Waals surface area contributed by atoms with Gasteiger partial charge in [0.2, 0.25) is 0 Å². The van der Waals surface area contributed by atoms with Gasteiger partial charge in [-0.3, -0.25) is 0 Å². The fraction of sp³-hybridized carbons (Fsp3) is 0.0667. The topological polar surface area (TPSA) is 37.8 Å². The van der Waals surface area contributed by atoms with Crippen molar-refractivity contribution >= 4 is 16.7 Å². The van der Waals surface area contributed by atoms with Crippen LogP contribution in [-0.4, -0.2) is 10.2 Å². The second-order valence-corrected chi connectivity index (χ2v) is 4.13. The Labute approximate surface area is 105 Å². The molecule has 0 saturated heterocycles. The number of benzene rings is 2. The molecule has 0 saturated carbocycles. The van der Waals surface area contributed by atoms with Gasteiger partial charge in [0.15, 0.2) is 0 Å². The van der Waals surface area contributed by atoms with Gasteiger partial charge in [0.25, 0.3) is 0 Å². The molecule has 0 aliphatic carbocycles. The lowest BCUT2D eigenvalue weighted by atomic mass is 10.2. The van der Waals surface area contributed by atoms with Crippen molar-refractivity contribution in [3.63, 3.8) is 0 Å². The molecule has 0 fully saturated rings. The van der Waals surface area contributed by atoms with Crippen LogP contribution in [0.25, 0.3) is 10.9 Å². The molecule has 2 aromatic carbocycles. The normalized spacial score (nSPS) is 10.4. The minimum Gasteiger partial charge on any atom is -0.364 e. The zero-order chi connectivity index (χ0) is 12.2. The Balaban J connectivity index is 1.79. The third kappa shape index (κ3) is 2.30. The van der Waals surface area contributed by atoms with E-state index in [9.17, 15) is 0 Å². The fourth-order valence-corrected chi connectivity index (χ4v) is 1.86. The number of rotatable bonds is 3. The minimum absolute atomic E-state index is 0.758. The zero-order valence-corrected chi connectivity index (χ0v) is 9.88. The molecule has 0 bridgehead atoms. The van der Waals surface area contributed by atoms with Crippen molar-refractivity contribution in [2.45, 2.75) is 6.54 Å². The summed E-state index contributed by atoms with van der Waals surface area (Å²) in [4.78, 5) is 0. The number of fused-ring (bicyclic) bond motifs is 1. The lowest BCUT2D eigenvalue weighted by Crippen LogP contribution is -2.02. The van der Waals surface area contributed by atoms with E-state index in [0.717, 1.165) is 23.3 Å². The summed E-state index contributed by atoms with van der Waals surface area (Å²) < 4.78 is 0. The molecule has 3 aromatic rings. The Morgan fingerprint density at radius 3 is 2.50 bits per heavy atom. The summed E-state index contributed by atoms with van der Waals surface area (Å²) in [5.74, 6) is 0.803. The highest BCUT2D eigenvalue weighted by molar-refractivity contribution is 5.79. The molecule has 18 heavy (non-hydrogen) atoms. The predicted octanol–water partition coefficient (Wildman–Crippen LogP) is 3.24. The standard InChI is InChI=1S/C15H13N3/c1-2-6-12(7-3-1)11-16-15-10-13-8-4-5-9-14(13)17-18-15/h1-10H,11H2,(H,16,18). The molecule has 0 spiro atoms. The molecule has 0 unspecified atom stereocenters. The average Bonchev–Trinajstić information content (AvgIpc) is 2.46. The predicted molar refractivity (Wildman–Crippen MR) is 73.3 cm³/mol. The molecule has 88 valence electrons. The highest BCUT2D eigenvalue weighted by Gasteiger charge is 1.98. The monoisotopic (exact) mass is 235 g/mol. The Bertz CT molecular complexity index is 650. The number of aromatic nitrogens is 2.